The Morgan fingerprint density at radius 3 is 2.71 bits per heavy atom. The molecule has 1 atom stereocenters. The van der Waals surface area contributed by atoms with E-state index < -0.39 is 0 Å². The maximum absolute atomic E-state index is 5.73. The lowest BCUT2D eigenvalue weighted by molar-refractivity contribution is 0.562. The fourth-order valence-corrected chi connectivity index (χ4v) is 2.08. The number of nitrogens with two attached hydrogens (primary N) is 1. The number of nitrogens with one attached hydrogen (secondary N) is 1. The molecule has 1 aromatic heterocycles. The molecule has 4 nitrogen and oxygen atoms in total. The predicted molar refractivity (Wildman–Crippen MR) is 76.0 cm³/mol. The minimum atomic E-state index is 0.463. The molecule has 0 fully saturated rings. The number of halogens is 1. The van der Waals surface area contributed by atoms with E-state index in [4.69, 9.17) is 5.73 Å². The van der Waals surface area contributed by atoms with E-state index >= 15 is 0 Å². The summed E-state index contributed by atoms with van der Waals surface area (Å²) in [6.45, 7) is 4.41. The van der Waals surface area contributed by atoms with Crippen LogP contribution in [-0.2, 0) is 0 Å². The lowest BCUT2D eigenvalue weighted by atomic mass is 10.1. The van der Waals surface area contributed by atoms with E-state index in [2.05, 4.69) is 45.1 Å². The highest BCUT2D eigenvalue weighted by Crippen LogP contribution is 2.25. The first kappa shape index (κ1) is 14.2. The maximum Gasteiger partial charge on any atom is 0.146 e. The number of hydrogen-bond donors (Lipinski definition) is 2. The molecule has 0 aliphatic heterocycles. The van der Waals surface area contributed by atoms with Crippen molar-refractivity contribution in [3.05, 3.63) is 10.8 Å². The molecule has 1 unspecified atom stereocenters. The fraction of sp³-hybridized carbons (Fsp3) is 0.667. The number of nitrogens with zero attached hydrogens (tertiary/aromatic N) is 2. The van der Waals surface area contributed by atoms with Gasteiger partial charge in [0.05, 0.1) is 0 Å². The first-order valence-electron chi connectivity index (χ1n) is 6.21. The molecule has 96 valence electrons. The second-order valence-electron chi connectivity index (χ2n) is 4.19. The molecule has 1 aromatic rings. The van der Waals surface area contributed by atoms with Gasteiger partial charge in [0.1, 0.15) is 22.4 Å². The summed E-state index contributed by atoms with van der Waals surface area (Å²) in [7, 11) is 0. The van der Waals surface area contributed by atoms with E-state index in [0.717, 1.165) is 16.7 Å². The smallest absolute Gasteiger partial charge is 0.146 e. The lowest BCUT2D eigenvalue weighted by Gasteiger charge is -2.19. The molecule has 0 saturated carbocycles. The van der Waals surface area contributed by atoms with Crippen molar-refractivity contribution < 1.29 is 0 Å². The molecule has 3 N–H and O–H groups in total. The van der Waals surface area contributed by atoms with Crippen LogP contribution in [0.1, 0.15) is 46.0 Å². The Kier molecular flexibility index (Phi) is 6.26. The molecule has 17 heavy (non-hydrogen) atoms. The summed E-state index contributed by atoms with van der Waals surface area (Å²) >= 11 is 3.42. The van der Waals surface area contributed by atoms with Gasteiger partial charge >= 0.3 is 0 Å². The van der Waals surface area contributed by atoms with Gasteiger partial charge in [-0.25, -0.2) is 9.97 Å². The van der Waals surface area contributed by atoms with Crippen molar-refractivity contribution in [2.24, 2.45) is 0 Å². The first-order chi connectivity index (χ1) is 8.19. The summed E-state index contributed by atoms with van der Waals surface area (Å²) in [6, 6.07) is 0.463. The van der Waals surface area contributed by atoms with Gasteiger partial charge in [0.2, 0.25) is 0 Å². The van der Waals surface area contributed by atoms with Gasteiger partial charge in [-0.15, -0.1) is 0 Å². The molecule has 0 aromatic carbocycles. The van der Waals surface area contributed by atoms with Crippen LogP contribution in [0.2, 0.25) is 0 Å². The standard InChI is InChI=1S/C12H21BrN4/c1-3-5-7-9(6-4-2)17-12-10(13)11(14)15-8-16-12/h8-9H,3-7H2,1-2H3,(H3,14,15,16,17). The Balaban J connectivity index is 2.67. The molecule has 0 bridgehead atoms. The molecule has 1 heterocycles. The van der Waals surface area contributed by atoms with Gasteiger partial charge in [0, 0.05) is 6.04 Å². The van der Waals surface area contributed by atoms with Crippen molar-refractivity contribution in [1.29, 1.82) is 0 Å². The molecular weight excluding hydrogens is 280 g/mol. The van der Waals surface area contributed by atoms with Crippen molar-refractivity contribution in [2.45, 2.75) is 52.0 Å². The number of anilines is 2. The molecule has 0 aliphatic carbocycles. The van der Waals surface area contributed by atoms with Crippen LogP contribution in [0.5, 0.6) is 0 Å². The highest BCUT2D eigenvalue weighted by molar-refractivity contribution is 9.10. The van der Waals surface area contributed by atoms with Crippen molar-refractivity contribution >= 4 is 27.6 Å². The number of unbranched alkanes of at least 4 members (excludes halogenated alkanes) is 1. The zero-order chi connectivity index (χ0) is 12.7. The average molecular weight is 301 g/mol. The zero-order valence-corrected chi connectivity index (χ0v) is 12.1. The fourth-order valence-electron chi connectivity index (χ4n) is 1.77. The molecule has 5 heteroatoms. The van der Waals surface area contributed by atoms with Gasteiger partial charge in [-0.2, -0.15) is 0 Å². The number of nitrogen functional groups attached to an aromatic ring is 1. The van der Waals surface area contributed by atoms with Crippen LogP contribution in [0.4, 0.5) is 11.6 Å². The van der Waals surface area contributed by atoms with Crippen LogP contribution in [0.15, 0.2) is 10.8 Å². The molecule has 0 saturated heterocycles. The van der Waals surface area contributed by atoms with E-state index in [0.29, 0.717) is 11.9 Å². The van der Waals surface area contributed by atoms with E-state index in [1.165, 1.54) is 32.0 Å². The van der Waals surface area contributed by atoms with Gasteiger partial charge < -0.3 is 11.1 Å². The zero-order valence-electron chi connectivity index (χ0n) is 10.5. The number of rotatable bonds is 7. The molecule has 1 rings (SSSR count). The molecular formula is C12H21BrN4. The van der Waals surface area contributed by atoms with Crippen LogP contribution < -0.4 is 11.1 Å². The van der Waals surface area contributed by atoms with Crippen molar-refractivity contribution in [2.75, 3.05) is 11.1 Å². The van der Waals surface area contributed by atoms with Crippen LogP contribution >= 0.6 is 15.9 Å². The van der Waals surface area contributed by atoms with Crippen LogP contribution in [0.3, 0.4) is 0 Å². The third-order valence-electron chi connectivity index (χ3n) is 2.70. The maximum atomic E-state index is 5.73. The highest BCUT2D eigenvalue weighted by atomic mass is 79.9. The Morgan fingerprint density at radius 2 is 2.06 bits per heavy atom. The molecule has 0 amide bonds. The summed E-state index contributed by atoms with van der Waals surface area (Å²) in [6.07, 6.45) is 7.42. The van der Waals surface area contributed by atoms with Gasteiger partial charge in [-0.1, -0.05) is 33.1 Å². The summed E-state index contributed by atoms with van der Waals surface area (Å²) in [5.74, 6) is 1.28. The third kappa shape index (κ3) is 4.50. The lowest BCUT2D eigenvalue weighted by Crippen LogP contribution is -2.20. The molecule has 0 radical (unpaired) electrons. The first-order valence-corrected chi connectivity index (χ1v) is 7.00. The van der Waals surface area contributed by atoms with Crippen LogP contribution in [0.25, 0.3) is 0 Å². The topological polar surface area (TPSA) is 63.8 Å². The summed E-state index contributed by atoms with van der Waals surface area (Å²) in [4.78, 5) is 8.15. The minimum absolute atomic E-state index is 0.463. The normalized spacial score (nSPS) is 12.4. The average Bonchev–Trinajstić information content (AvgIpc) is 2.32. The van der Waals surface area contributed by atoms with Gasteiger partial charge in [0.25, 0.3) is 0 Å². The number of aromatic nitrogens is 2. The Labute approximate surface area is 112 Å². The summed E-state index contributed by atoms with van der Waals surface area (Å²) in [5, 5.41) is 3.45. The van der Waals surface area contributed by atoms with E-state index in [-0.39, 0.29) is 0 Å². The molecule has 0 spiro atoms. The quantitative estimate of drug-likeness (QED) is 0.808. The largest absolute Gasteiger partial charge is 0.383 e. The van der Waals surface area contributed by atoms with Gasteiger partial charge in [-0.05, 0) is 28.8 Å². The van der Waals surface area contributed by atoms with Crippen molar-refractivity contribution in [3.8, 4) is 0 Å². The van der Waals surface area contributed by atoms with Gasteiger partial charge in [-0.3, -0.25) is 0 Å². The molecule has 0 aliphatic rings. The number of hydrogen-bond acceptors (Lipinski definition) is 4. The van der Waals surface area contributed by atoms with Crippen LogP contribution in [0, 0.1) is 0 Å². The Bertz CT molecular complexity index is 343. The Morgan fingerprint density at radius 1 is 1.29 bits per heavy atom. The SMILES string of the molecule is CCCCC(CCC)Nc1ncnc(N)c1Br. The predicted octanol–water partition coefficient (Wildman–Crippen LogP) is 3.59. The second kappa shape index (κ2) is 7.48. The third-order valence-corrected chi connectivity index (χ3v) is 3.48. The van der Waals surface area contributed by atoms with E-state index in [1.807, 2.05) is 0 Å². The second-order valence-corrected chi connectivity index (χ2v) is 4.99. The van der Waals surface area contributed by atoms with Crippen LogP contribution in [-0.4, -0.2) is 16.0 Å². The minimum Gasteiger partial charge on any atom is -0.383 e. The summed E-state index contributed by atoms with van der Waals surface area (Å²) in [5.41, 5.74) is 5.73. The van der Waals surface area contributed by atoms with E-state index in [9.17, 15) is 0 Å². The van der Waals surface area contributed by atoms with Gasteiger partial charge in [0.15, 0.2) is 0 Å². The Hall–Kier alpha value is -0.840. The monoisotopic (exact) mass is 300 g/mol. The summed E-state index contributed by atoms with van der Waals surface area (Å²) < 4.78 is 0.762. The van der Waals surface area contributed by atoms with Crippen molar-refractivity contribution in [1.82, 2.24) is 9.97 Å². The van der Waals surface area contributed by atoms with Crippen molar-refractivity contribution in [3.63, 3.8) is 0 Å². The van der Waals surface area contributed by atoms with E-state index in [1.54, 1.807) is 0 Å². The highest BCUT2D eigenvalue weighted by Gasteiger charge is 2.11.